The number of likely N-dealkylation sites (N-methyl/N-ethyl adjacent to an activating group) is 1. The minimum Gasteiger partial charge on any atom is -0.353 e. The highest BCUT2D eigenvalue weighted by Gasteiger charge is 2.32. The number of rotatable bonds is 4. The average molecular weight is 379 g/mol. The molecule has 3 heterocycles. The van der Waals surface area contributed by atoms with Gasteiger partial charge in [-0.1, -0.05) is 30.3 Å². The van der Waals surface area contributed by atoms with Crippen molar-refractivity contribution in [2.45, 2.75) is 6.04 Å². The predicted molar refractivity (Wildman–Crippen MR) is 108 cm³/mol. The third-order valence-corrected chi connectivity index (χ3v) is 5.28. The normalized spacial score (nSPS) is 16.3. The highest BCUT2D eigenvalue weighted by Crippen LogP contribution is 2.27. The quantitative estimate of drug-likeness (QED) is 0.681. The topological polar surface area (TPSA) is 70.4 Å². The third kappa shape index (κ3) is 3.31. The molecule has 1 aliphatic heterocycles. The van der Waals surface area contributed by atoms with Crippen LogP contribution in [0.1, 0.15) is 11.6 Å². The van der Waals surface area contributed by atoms with Gasteiger partial charge in [-0.25, -0.2) is 9.97 Å². The molecule has 1 atom stereocenters. The monoisotopic (exact) mass is 379 g/mol. The van der Waals surface area contributed by atoms with E-state index in [9.17, 15) is 4.79 Å². The second-order valence-corrected chi connectivity index (χ2v) is 7.27. The summed E-state index contributed by atoms with van der Waals surface area (Å²) >= 11 is 0. The SMILES string of the molecule is CN(C)C(=O)C(c1ccccc1)N1CCN(c2ncnc3c2cnn3C)CC1. The van der Waals surface area contributed by atoms with Crippen molar-refractivity contribution >= 4 is 22.8 Å². The molecular weight excluding hydrogens is 354 g/mol. The summed E-state index contributed by atoms with van der Waals surface area (Å²) in [6.07, 6.45) is 3.41. The predicted octanol–water partition coefficient (Wildman–Crippen LogP) is 1.31. The maximum atomic E-state index is 12.9. The summed E-state index contributed by atoms with van der Waals surface area (Å²) in [5.41, 5.74) is 1.86. The van der Waals surface area contributed by atoms with Crippen molar-refractivity contribution in [3.05, 3.63) is 48.4 Å². The zero-order valence-electron chi connectivity index (χ0n) is 16.5. The van der Waals surface area contributed by atoms with Crippen molar-refractivity contribution in [1.29, 1.82) is 0 Å². The molecule has 2 aromatic heterocycles. The lowest BCUT2D eigenvalue weighted by Gasteiger charge is -2.40. The molecule has 28 heavy (non-hydrogen) atoms. The Kier molecular flexibility index (Phi) is 4.95. The van der Waals surface area contributed by atoms with E-state index in [1.807, 2.05) is 57.7 Å². The Morgan fingerprint density at radius 1 is 1.07 bits per heavy atom. The van der Waals surface area contributed by atoms with Gasteiger partial charge in [0.05, 0.1) is 11.6 Å². The molecule has 0 saturated carbocycles. The second-order valence-electron chi connectivity index (χ2n) is 7.27. The maximum Gasteiger partial charge on any atom is 0.244 e. The molecule has 8 heteroatoms. The summed E-state index contributed by atoms with van der Waals surface area (Å²) in [5.74, 6) is 1.02. The molecular formula is C20H25N7O. The molecule has 0 aliphatic carbocycles. The van der Waals surface area contributed by atoms with Crippen LogP contribution in [0.4, 0.5) is 5.82 Å². The maximum absolute atomic E-state index is 12.9. The number of aryl methyl sites for hydroxylation is 1. The Labute approximate surface area is 164 Å². The molecule has 1 aromatic carbocycles. The Hall–Kier alpha value is -3.00. The van der Waals surface area contributed by atoms with E-state index in [2.05, 4.69) is 24.9 Å². The van der Waals surface area contributed by atoms with E-state index < -0.39 is 0 Å². The van der Waals surface area contributed by atoms with Gasteiger partial charge in [0.2, 0.25) is 5.91 Å². The Balaban J connectivity index is 1.55. The van der Waals surface area contributed by atoms with E-state index in [4.69, 9.17) is 0 Å². The molecule has 0 N–H and O–H groups in total. The first-order chi connectivity index (χ1) is 13.6. The molecule has 4 rings (SSSR count). The standard InChI is InChI=1S/C20H25N7O/c1-24(2)20(28)17(15-7-5-4-6-8-15)26-9-11-27(12-10-26)19-16-13-23-25(3)18(16)21-14-22-19/h4-8,13-14,17H,9-12H2,1-3H3. The van der Waals surface area contributed by atoms with Gasteiger partial charge in [-0.2, -0.15) is 5.10 Å². The van der Waals surface area contributed by atoms with Gasteiger partial charge in [0, 0.05) is 47.3 Å². The summed E-state index contributed by atoms with van der Waals surface area (Å²) in [4.78, 5) is 27.9. The van der Waals surface area contributed by atoms with E-state index >= 15 is 0 Å². The van der Waals surface area contributed by atoms with E-state index in [1.165, 1.54) is 0 Å². The van der Waals surface area contributed by atoms with Crippen molar-refractivity contribution < 1.29 is 4.79 Å². The molecule has 1 saturated heterocycles. The van der Waals surface area contributed by atoms with Crippen LogP contribution in [-0.2, 0) is 11.8 Å². The fourth-order valence-corrected chi connectivity index (χ4v) is 3.78. The minimum atomic E-state index is -0.262. The second kappa shape index (κ2) is 7.55. The van der Waals surface area contributed by atoms with E-state index in [1.54, 1.807) is 15.9 Å². The van der Waals surface area contributed by atoms with E-state index in [0.29, 0.717) is 0 Å². The highest BCUT2D eigenvalue weighted by atomic mass is 16.2. The number of carbonyl (C=O) groups excluding carboxylic acids is 1. The molecule has 1 amide bonds. The lowest BCUT2D eigenvalue weighted by Crippen LogP contribution is -2.51. The van der Waals surface area contributed by atoms with Gasteiger partial charge >= 0.3 is 0 Å². The number of hydrogen-bond donors (Lipinski definition) is 0. The summed E-state index contributed by atoms with van der Waals surface area (Å²) in [7, 11) is 5.51. The smallest absolute Gasteiger partial charge is 0.244 e. The fraction of sp³-hybridized carbons (Fsp3) is 0.400. The molecule has 0 spiro atoms. The summed E-state index contributed by atoms with van der Waals surface area (Å²) in [5, 5.41) is 5.26. The van der Waals surface area contributed by atoms with Gasteiger partial charge in [-0.3, -0.25) is 14.4 Å². The first-order valence-electron chi connectivity index (χ1n) is 9.44. The zero-order chi connectivity index (χ0) is 19.7. The van der Waals surface area contributed by atoms with Gasteiger partial charge in [0.25, 0.3) is 0 Å². The Bertz CT molecular complexity index is 961. The summed E-state index contributed by atoms with van der Waals surface area (Å²) in [6.45, 7) is 3.16. The number of anilines is 1. The largest absolute Gasteiger partial charge is 0.353 e. The lowest BCUT2D eigenvalue weighted by molar-refractivity contribution is -0.134. The van der Waals surface area contributed by atoms with Gasteiger partial charge in [-0.15, -0.1) is 0 Å². The number of carbonyl (C=O) groups is 1. The number of benzene rings is 1. The van der Waals surface area contributed by atoms with Crippen LogP contribution in [0.25, 0.3) is 11.0 Å². The van der Waals surface area contributed by atoms with Crippen LogP contribution in [0.5, 0.6) is 0 Å². The van der Waals surface area contributed by atoms with Crippen LogP contribution >= 0.6 is 0 Å². The lowest BCUT2D eigenvalue weighted by atomic mass is 10.0. The Morgan fingerprint density at radius 2 is 1.79 bits per heavy atom. The van der Waals surface area contributed by atoms with E-state index in [0.717, 1.165) is 48.6 Å². The number of aromatic nitrogens is 4. The molecule has 1 unspecified atom stereocenters. The van der Waals surface area contributed by atoms with E-state index in [-0.39, 0.29) is 11.9 Å². The molecule has 0 bridgehead atoms. The molecule has 1 aliphatic rings. The number of amides is 1. The van der Waals surface area contributed by atoms with Crippen LogP contribution in [0.3, 0.4) is 0 Å². The van der Waals surface area contributed by atoms with Gasteiger partial charge in [0.1, 0.15) is 18.2 Å². The fourth-order valence-electron chi connectivity index (χ4n) is 3.78. The van der Waals surface area contributed by atoms with Crippen LogP contribution in [0.2, 0.25) is 0 Å². The van der Waals surface area contributed by atoms with Crippen molar-refractivity contribution in [1.82, 2.24) is 29.5 Å². The third-order valence-electron chi connectivity index (χ3n) is 5.28. The summed E-state index contributed by atoms with van der Waals surface area (Å²) in [6, 6.07) is 9.75. The van der Waals surface area contributed by atoms with Crippen molar-refractivity contribution in [3.63, 3.8) is 0 Å². The van der Waals surface area contributed by atoms with Crippen LogP contribution < -0.4 is 4.90 Å². The minimum absolute atomic E-state index is 0.108. The molecule has 0 radical (unpaired) electrons. The van der Waals surface area contributed by atoms with Gasteiger partial charge < -0.3 is 9.80 Å². The van der Waals surface area contributed by atoms with Gasteiger partial charge in [-0.05, 0) is 5.56 Å². The van der Waals surface area contributed by atoms with Crippen molar-refractivity contribution in [2.75, 3.05) is 45.2 Å². The average Bonchev–Trinajstić information content (AvgIpc) is 3.11. The van der Waals surface area contributed by atoms with Crippen LogP contribution in [0.15, 0.2) is 42.9 Å². The molecule has 146 valence electrons. The van der Waals surface area contributed by atoms with Crippen LogP contribution in [0, 0.1) is 0 Å². The zero-order valence-corrected chi connectivity index (χ0v) is 16.5. The molecule has 3 aromatic rings. The Morgan fingerprint density at radius 3 is 2.46 bits per heavy atom. The van der Waals surface area contributed by atoms with Crippen molar-refractivity contribution in [3.8, 4) is 0 Å². The number of piperazine rings is 1. The number of nitrogens with zero attached hydrogens (tertiary/aromatic N) is 7. The highest BCUT2D eigenvalue weighted by molar-refractivity contribution is 5.86. The first kappa shape index (κ1) is 18.4. The number of hydrogen-bond acceptors (Lipinski definition) is 6. The van der Waals surface area contributed by atoms with Crippen molar-refractivity contribution in [2.24, 2.45) is 7.05 Å². The molecule has 1 fully saturated rings. The van der Waals surface area contributed by atoms with Crippen LogP contribution in [-0.4, -0.2) is 75.7 Å². The first-order valence-corrected chi connectivity index (χ1v) is 9.44. The molecule has 8 nitrogen and oxygen atoms in total. The van der Waals surface area contributed by atoms with Gasteiger partial charge in [0.15, 0.2) is 5.65 Å². The summed E-state index contributed by atoms with van der Waals surface area (Å²) < 4.78 is 1.76. The number of fused-ring (bicyclic) bond motifs is 1.